The summed E-state index contributed by atoms with van der Waals surface area (Å²) in [5, 5.41) is 0. The molecule has 0 nitrogen and oxygen atoms in total. The zero-order valence-electron chi connectivity index (χ0n) is 8.18. The van der Waals surface area contributed by atoms with Crippen molar-refractivity contribution in [3.63, 3.8) is 0 Å². The molecule has 70 valence electrons. The molecule has 0 bridgehead atoms. The van der Waals surface area contributed by atoms with Crippen LogP contribution in [0, 0.1) is 19.8 Å². The highest BCUT2D eigenvalue weighted by Gasteiger charge is 2.37. The van der Waals surface area contributed by atoms with Gasteiger partial charge in [0.15, 0.2) is 0 Å². The van der Waals surface area contributed by atoms with Gasteiger partial charge in [0.05, 0.1) is 0 Å². The molecule has 0 radical (unpaired) electrons. The molecule has 0 aromatic heterocycles. The number of rotatable bonds is 2. The molecule has 1 heteroatoms. The summed E-state index contributed by atoms with van der Waals surface area (Å²) in [6.07, 6.45) is 1.29. The van der Waals surface area contributed by atoms with Crippen LogP contribution in [0.1, 0.15) is 29.0 Å². The van der Waals surface area contributed by atoms with Crippen LogP contribution in [-0.4, -0.2) is 5.88 Å². The van der Waals surface area contributed by atoms with E-state index in [1.165, 1.54) is 23.1 Å². The van der Waals surface area contributed by atoms with E-state index in [1.807, 2.05) is 0 Å². The highest BCUT2D eigenvalue weighted by Crippen LogP contribution is 2.49. The minimum atomic E-state index is 0.738. The molecular weight excluding hydrogens is 180 g/mol. The normalized spacial score (nSPS) is 26.1. The summed E-state index contributed by atoms with van der Waals surface area (Å²) >= 11 is 5.84. The Morgan fingerprint density at radius 1 is 1.38 bits per heavy atom. The maximum Gasteiger partial charge on any atom is 0.0257 e. The van der Waals surface area contributed by atoms with E-state index >= 15 is 0 Å². The third-order valence-corrected chi connectivity index (χ3v) is 3.35. The molecule has 0 aliphatic heterocycles. The number of hydrogen-bond donors (Lipinski definition) is 0. The molecule has 13 heavy (non-hydrogen) atoms. The molecule has 1 aliphatic carbocycles. The maximum absolute atomic E-state index is 5.84. The second kappa shape index (κ2) is 3.34. The molecule has 0 saturated heterocycles. The van der Waals surface area contributed by atoms with E-state index in [4.69, 9.17) is 11.6 Å². The van der Waals surface area contributed by atoms with Gasteiger partial charge in [-0.2, -0.15) is 0 Å². The first-order valence-electron chi connectivity index (χ1n) is 4.85. The molecule has 1 aliphatic rings. The van der Waals surface area contributed by atoms with Crippen LogP contribution in [0.25, 0.3) is 0 Å². The fourth-order valence-corrected chi connectivity index (χ4v) is 2.30. The van der Waals surface area contributed by atoms with Crippen molar-refractivity contribution in [3.05, 3.63) is 34.9 Å². The van der Waals surface area contributed by atoms with E-state index in [1.54, 1.807) is 0 Å². The van der Waals surface area contributed by atoms with Crippen molar-refractivity contribution in [2.45, 2.75) is 26.2 Å². The van der Waals surface area contributed by atoms with Crippen molar-refractivity contribution in [2.75, 3.05) is 5.88 Å². The van der Waals surface area contributed by atoms with Gasteiger partial charge in [-0.3, -0.25) is 0 Å². The number of benzene rings is 1. The van der Waals surface area contributed by atoms with E-state index in [0.717, 1.165) is 17.7 Å². The minimum Gasteiger partial charge on any atom is -0.126 e. The van der Waals surface area contributed by atoms with Crippen LogP contribution in [-0.2, 0) is 0 Å². The van der Waals surface area contributed by atoms with Gasteiger partial charge in [0.2, 0.25) is 0 Å². The SMILES string of the molecule is Cc1ccc(C)c(C2CC2CCl)c1. The van der Waals surface area contributed by atoms with Gasteiger partial charge < -0.3 is 0 Å². The Labute approximate surface area is 84.9 Å². The van der Waals surface area contributed by atoms with Crippen molar-refractivity contribution in [3.8, 4) is 0 Å². The third-order valence-electron chi connectivity index (χ3n) is 2.95. The zero-order valence-corrected chi connectivity index (χ0v) is 8.93. The summed E-state index contributed by atoms with van der Waals surface area (Å²) in [5.41, 5.74) is 4.30. The summed E-state index contributed by atoms with van der Waals surface area (Å²) in [6.45, 7) is 4.35. The smallest absolute Gasteiger partial charge is 0.0257 e. The van der Waals surface area contributed by atoms with Gasteiger partial charge in [-0.25, -0.2) is 0 Å². The van der Waals surface area contributed by atoms with Crippen LogP contribution in [0.4, 0.5) is 0 Å². The summed E-state index contributed by atoms with van der Waals surface area (Å²) in [6, 6.07) is 6.71. The lowest BCUT2D eigenvalue weighted by atomic mass is 10.0. The Morgan fingerprint density at radius 2 is 2.15 bits per heavy atom. The monoisotopic (exact) mass is 194 g/mol. The average Bonchev–Trinajstić information content (AvgIpc) is 2.88. The second-order valence-electron chi connectivity index (χ2n) is 4.12. The lowest BCUT2D eigenvalue weighted by molar-refractivity contribution is 0.915. The van der Waals surface area contributed by atoms with Gasteiger partial charge in [-0.15, -0.1) is 11.6 Å². The molecule has 1 saturated carbocycles. The van der Waals surface area contributed by atoms with E-state index in [2.05, 4.69) is 32.0 Å². The van der Waals surface area contributed by atoms with E-state index in [9.17, 15) is 0 Å². The Morgan fingerprint density at radius 3 is 2.77 bits per heavy atom. The van der Waals surface area contributed by atoms with Gasteiger partial charge in [0, 0.05) is 5.88 Å². The van der Waals surface area contributed by atoms with Gasteiger partial charge in [-0.05, 0) is 43.2 Å². The van der Waals surface area contributed by atoms with Crippen LogP contribution in [0.15, 0.2) is 18.2 Å². The maximum atomic E-state index is 5.84. The lowest BCUT2D eigenvalue weighted by Gasteiger charge is -2.05. The molecule has 2 unspecified atom stereocenters. The number of halogens is 1. The Hall–Kier alpha value is -0.490. The highest BCUT2D eigenvalue weighted by molar-refractivity contribution is 6.18. The van der Waals surface area contributed by atoms with Gasteiger partial charge in [-0.1, -0.05) is 23.8 Å². The third kappa shape index (κ3) is 1.73. The summed E-state index contributed by atoms with van der Waals surface area (Å²) in [7, 11) is 0. The zero-order chi connectivity index (χ0) is 9.42. The molecule has 0 amide bonds. The van der Waals surface area contributed by atoms with Crippen LogP contribution >= 0.6 is 11.6 Å². The fraction of sp³-hybridized carbons (Fsp3) is 0.500. The van der Waals surface area contributed by atoms with E-state index in [-0.39, 0.29) is 0 Å². The molecule has 1 aromatic rings. The lowest BCUT2D eigenvalue weighted by Crippen LogP contribution is -1.90. The van der Waals surface area contributed by atoms with Crippen molar-refractivity contribution < 1.29 is 0 Å². The molecule has 0 heterocycles. The summed E-state index contributed by atoms with van der Waals surface area (Å²) < 4.78 is 0. The topological polar surface area (TPSA) is 0 Å². The van der Waals surface area contributed by atoms with Crippen LogP contribution in [0.2, 0.25) is 0 Å². The first-order valence-corrected chi connectivity index (χ1v) is 5.39. The molecule has 1 aromatic carbocycles. The van der Waals surface area contributed by atoms with Crippen molar-refractivity contribution in [1.29, 1.82) is 0 Å². The number of aryl methyl sites for hydroxylation is 2. The first kappa shape index (κ1) is 9.08. The Balaban J connectivity index is 2.25. The summed E-state index contributed by atoms with van der Waals surface area (Å²) in [5.74, 6) is 2.30. The van der Waals surface area contributed by atoms with Crippen LogP contribution in [0.3, 0.4) is 0 Å². The minimum absolute atomic E-state index is 0.738. The molecule has 2 atom stereocenters. The predicted octanol–water partition coefficient (Wildman–Crippen LogP) is 3.65. The Bertz CT molecular complexity index is 317. The molecule has 0 spiro atoms. The molecule has 2 rings (SSSR count). The van der Waals surface area contributed by atoms with Crippen molar-refractivity contribution in [1.82, 2.24) is 0 Å². The summed E-state index contributed by atoms with van der Waals surface area (Å²) in [4.78, 5) is 0. The highest BCUT2D eigenvalue weighted by atomic mass is 35.5. The number of alkyl halides is 1. The van der Waals surface area contributed by atoms with E-state index in [0.29, 0.717) is 0 Å². The molecule has 0 N–H and O–H groups in total. The first-order chi connectivity index (χ1) is 6.22. The largest absolute Gasteiger partial charge is 0.126 e. The second-order valence-corrected chi connectivity index (χ2v) is 4.43. The van der Waals surface area contributed by atoms with Crippen molar-refractivity contribution >= 4 is 11.6 Å². The standard InChI is InChI=1S/C12H15Cl/c1-8-3-4-9(2)11(5-8)12-6-10(12)7-13/h3-5,10,12H,6-7H2,1-2H3. The van der Waals surface area contributed by atoms with Gasteiger partial charge in [0.1, 0.15) is 0 Å². The molecule has 1 fully saturated rings. The van der Waals surface area contributed by atoms with E-state index < -0.39 is 0 Å². The van der Waals surface area contributed by atoms with Gasteiger partial charge >= 0.3 is 0 Å². The fourth-order valence-electron chi connectivity index (χ4n) is 1.96. The number of hydrogen-bond acceptors (Lipinski definition) is 0. The van der Waals surface area contributed by atoms with Crippen LogP contribution in [0.5, 0.6) is 0 Å². The average molecular weight is 195 g/mol. The quantitative estimate of drug-likeness (QED) is 0.631. The van der Waals surface area contributed by atoms with Gasteiger partial charge in [0.25, 0.3) is 0 Å². The predicted molar refractivity (Wildman–Crippen MR) is 57.5 cm³/mol. The molecular formula is C12H15Cl. The Kier molecular flexibility index (Phi) is 2.33. The van der Waals surface area contributed by atoms with Crippen LogP contribution < -0.4 is 0 Å². The van der Waals surface area contributed by atoms with Crippen molar-refractivity contribution in [2.24, 2.45) is 5.92 Å².